The van der Waals surface area contributed by atoms with Gasteiger partial charge >= 0.3 is 5.92 Å². The van der Waals surface area contributed by atoms with E-state index >= 15 is 0 Å². The summed E-state index contributed by atoms with van der Waals surface area (Å²) in [6.07, 6.45) is 0. The Hall–Kier alpha value is -1.04. The number of nitrogens with one attached hydrogen (secondary N) is 1. The number of hydrogen-bond donors (Lipinski definition) is 1. The van der Waals surface area contributed by atoms with Crippen molar-refractivity contribution in [2.45, 2.75) is 12.8 Å². The molecular weight excluding hydrogens is 287 g/mol. The average molecular weight is 296 g/mol. The molecular formula is C10H9BrF3NO. The van der Waals surface area contributed by atoms with E-state index in [4.69, 9.17) is 0 Å². The second-order valence-corrected chi connectivity index (χ2v) is 4.12. The van der Waals surface area contributed by atoms with Gasteiger partial charge < -0.3 is 5.32 Å². The van der Waals surface area contributed by atoms with Crippen LogP contribution in [0.5, 0.6) is 0 Å². The van der Waals surface area contributed by atoms with Crippen LogP contribution in [0.3, 0.4) is 0 Å². The Labute approximate surface area is 99.0 Å². The van der Waals surface area contributed by atoms with E-state index in [-0.39, 0.29) is 5.69 Å². The molecule has 0 aliphatic carbocycles. The quantitative estimate of drug-likeness (QED) is 0.909. The van der Waals surface area contributed by atoms with Gasteiger partial charge in [0, 0.05) is 17.0 Å². The topological polar surface area (TPSA) is 29.1 Å². The van der Waals surface area contributed by atoms with E-state index in [2.05, 4.69) is 21.2 Å². The fourth-order valence-electron chi connectivity index (χ4n) is 1.19. The normalized spacial score (nSPS) is 11.3. The van der Waals surface area contributed by atoms with Crippen LogP contribution in [0.15, 0.2) is 22.7 Å². The molecule has 1 rings (SSSR count). The summed E-state index contributed by atoms with van der Waals surface area (Å²) in [6, 6.07) is 3.87. The first-order valence-corrected chi connectivity index (χ1v) is 5.17. The van der Waals surface area contributed by atoms with Crippen molar-refractivity contribution < 1.29 is 18.0 Å². The highest BCUT2D eigenvalue weighted by molar-refractivity contribution is 9.10. The first-order chi connectivity index (χ1) is 7.36. The number of alkyl halides is 3. The first kappa shape index (κ1) is 13.0. The van der Waals surface area contributed by atoms with Crippen molar-refractivity contribution in [1.29, 1.82) is 0 Å². The number of carbonyl (C=O) groups is 1. The molecule has 1 N–H and O–H groups in total. The summed E-state index contributed by atoms with van der Waals surface area (Å²) in [4.78, 5) is 10.8. The lowest BCUT2D eigenvalue weighted by atomic mass is 10.1. The summed E-state index contributed by atoms with van der Waals surface area (Å²) in [7, 11) is 0. The molecule has 88 valence electrons. The zero-order chi connectivity index (χ0) is 12.3. The van der Waals surface area contributed by atoms with Gasteiger partial charge in [0.05, 0.1) is 5.69 Å². The molecule has 0 aromatic heterocycles. The van der Waals surface area contributed by atoms with Crippen LogP contribution >= 0.6 is 15.9 Å². The molecule has 2 nitrogen and oxygen atoms in total. The molecule has 0 saturated heterocycles. The number of benzene rings is 1. The van der Waals surface area contributed by atoms with Gasteiger partial charge in [-0.25, -0.2) is 4.39 Å². The zero-order valence-corrected chi connectivity index (χ0v) is 9.95. The molecule has 0 aliphatic heterocycles. The van der Waals surface area contributed by atoms with Crippen molar-refractivity contribution in [3.63, 3.8) is 0 Å². The summed E-state index contributed by atoms with van der Waals surface area (Å²) in [5, 5.41) is 2.23. The molecule has 0 unspecified atom stereocenters. The fraction of sp³-hybridized carbons (Fsp3) is 0.300. The van der Waals surface area contributed by atoms with Gasteiger partial charge in [0.1, 0.15) is 0 Å². The number of amides is 1. The molecule has 0 saturated carbocycles. The summed E-state index contributed by atoms with van der Waals surface area (Å²) < 4.78 is 39.1. The van der Waals surface area contributed by atoms with Gasteiger partial charge in [0.25, 0.3) is 0 Å². The van der Waals surface area contributed by atoms with Gasteiger partial charge in [-0.1, -0.05) is 15.9 Å². The molecule has 16 heavy (non-hydrogen) atoms. The van der Waals surface area contributed by atoms with E-state index in [1.54, 1.807) is 0 Å². The van der Waals surface area contributed by atoms with Crippen LogP contribution in [0.25, 0.3) is 0 Å². The molecule has 0 bridgehead atoms. The minimum Gasteiger partial charge on any atom is -0.326 e. The lowest BCUT2D eigenvalue weighted by Gasteiger charge is -2.17. The van der Waals surface area contributed by atoms with Gasteiger partial charge in [-0.15, -0.1) is 0 Å². The van der Waals surface area contributed by atoms with Gasteiger partial charge in [-0.05, 0) is 18.2 Å². The Morgan fingerprint density at radius 1 is 1.50 bits per heavy atom. The monoisotopic (exact) mass is 295 g/mol. The van der Waals surface area contributed by atoms with Crippen LogP contribution < -0.4 is 5.32 Å². The minimum atomic E-state index is -3.61. The van der Waals surface area contributed by atoms with Gasteiger partial charge in [0.2, 0.25) is 5.91 Å². The number of anilines is 1. The Kier molecular flexibility index (Phi) is 3.96. The molecule has 0 heterocycles. The predicted octanol–water partition coefficient (Wildman–Crippen LogP) is 3.47. The molecule has 1 amide bonds. The molecule has 1 aromatic carbocycles. The van der Waals surface area contributed by atoms with Crippen LogP contribution in [0.1, 0.15) is 12.5 Å². The predicted molar refractivity (Wildman–Crippen MR) is 58.3 cm³/mol. The molecule has 0 spiro atoms. The number of rotatable bonds is 3. The van der Waals surface area contributed by atoms with E-state index in [0.29, 0.717) is 4.47 Å². The van der Waals surface area contributed by atoms with Crippen molar-refractivity contribution in [3.8, 4) is 0 Å². The molecule has 6 heteroatoms. The second kappa shape index (κ2) is 4.86. The Balaban J connectivity index is 3.23. The van der Waals surface area contributed by atoms with Gasteiger partial charge in [-0.2, -0.15) is 8.78 Å². The van der Waals surface area contributed by atoms with Crippen molar-refractivity contribution in [1.82, 2.24) is 0 Å². The molecule has 0 fully saturated rings. The third-order valence-electron chi connectivity index (χ3n) is 1.85. The van der Waals surface area contributed by atoms with Crippen LogP contribution in [0.2, 0.25) is 0 Å². The lowest BCUT2D eigenvalue weighted by Crippen LogP contribution is -2.19. The van der Waals surface area contributed by atoms with Crippen molar-refractivity contribution in [3.05, 3.63) is 28.2 Å². The summed E-state index contributed by atoms with van der Waals surface area (Å²) in [6.45, 7) is -0.616. The van der Waals surface area contributed by atoms with E-state index in [9.17, 15) is 18.0 Å². The van der Waals surface area contributed by atoms with E-state index in [1.165, 1.54) is 19.1 Å². The Morgan fingerprint density at radius 3 is 2.62 bits per heavy atom. The van der Waals surface area contributed by atoms with Crippen molar-refractivity contribution >= 4 is 27.5 Å². The van der Waals surface area contributed by atoms with Crippen LogP contribution in [-0.2, 0) is 10.7 Å². The highest BCUT2D eigenvalue weighted by atomic mass is 79.9. The van der Waals surface area contributed by atoms with Crippen molar-refractivity contribution in [2.24, 2.45) is 0 Å². The molecule has 0 aliphatic rings. The molecule has 0 atom stereocenters. The summed E-state index contributed by atoms with van der Waals surface area (Å²) in [5.74, 6) is -4.10. The third-order valence-corrected chi connectivity index (χ3v) is 2.35. The fourth-order valence-corrected chi connectivity index (χ4v) is 1.55. The average Bonchev–Trinajstić information content (AvgIpc) is 2.20. The first-order valence-electron chi connectivity index (χ1n) is 4.38. The lowest BCUT2D eigenvalue weighted by molar-refractivity contribution is -0.114. The highest BCUT2D eigenvalue weighted by Gasteiger charge is 2.34. The second-order valence-electron chi connectivity index (χ2n) is 3.21. The third kappa shape index (κ3) is 2.98. The number of hydrogen-bond acceptors (Lipinski definition) is 1. The van der Waals surface area contributed by atoms with E-state index in [1.807, 2.05) is 0 Å². The summed E-state index contributed by atoms with van der Waals surface area (Å²) in [5.41, 5.74) is -0.627. The van der Waals surface area contributed by atoms with Crippen LogP contribution in [0.4, 0.5) is 18.9 Å². The largest absolute Gasteiger partial charge is 0.326 e. The number of carbonyl (C=O) groups excluding carboxylic acids is 1. The zero-order valence-electron chi connectivity index (χ0n) is 8.36. The maximum absolute atomic E-state index is 13.2. The Bertz CT molecular complexity index is 409. The molecule has 0 radical (unpaired) electrons. The van der Waals surface area contributed by atoms with E-state index < -0.39 is 24.1 Å². The van der Waals surface area contributed by atoms with E-state index in [0.717, 1.165) is 6.07 Å². The standard InChI is InChI=1S/C10H9BrF3NO/c1-6(16)15-9-3-2-7(11)4-8(9)10(13,14)5-12/h2-4H,5H2,1H3,(H,15,16). The van der Waals surface area contributed by atoms with Crippen LogP contribution in [-0.4, -0.2) is 12.6 Å². The van der Waals surface area contributed by atoms with Crippen LogP contribution in [0, 0.1) is 0 Å². The smallest absolute Gasteiger partial charge is 0.303 e. The Morgan fingerprint density at radius 2 is 2.12 bits per heavy atom. The maximum Gasteiger partial charge on any atom is 0.303 e. The minimum absolute atomic E-state index is 0.0849. The SMILES string of the molecule is CC(=O)Nc1ccc(Br)cc1C(F)(F)CF. The van der Waals surface area contributed by atoms with Crippen molar-refractivity contribution in [2.75, 3.05) is 12.0 Å². The summed E-state index contributed by atoms with van der Waals surface area (Å²) >= 11 is 3.02. The van der Waals surface area contributed by atoms with Gasteiger partial charge in [0.15, 0.2) is 6.67 Å². The molecule has 1 aromatic rings. The number of halogens is 4. The van der Waals surface area contributed by atoms with Gasteiger partial charge in [-0.3, -0.25) is 4.79 Å². The highest BCUT2D eigenvalue weighted by Crippen LogP contribution is 2.35. The maximum atomic E-state index is 13.2.